The van der Waals surface area contributed by atoms with Crippen LogP contribution in [0.15, 0.2) is 36.0 Å². The molecule has 9 heteroatoms. The van der Waals surface area contributed by atoms with E-state index in [-0.39, 0.29) is 16.7 Å². The Labute approximate surface area is 141 Å². The van der Waals surface area contributed by atoms with E-state index in [1.54, 1.807) is 0 Å². The summed E-state index contributed by atoms with van der Waals surface area (Å²) >= 11 is 0. The second kappa shape index (κ2) is 6.96. The van der Waals surface area contributed by atoms with Crippen LogP contribution < -0.4 is 5.32 Å². The van der Waals surface area contributed by atoms with Gasteiger partial charge >= 0.3 is 12.1 Å². The molecule has 0 bridgehead atoms. The number of nitrogens with zero attached hydrogens (tertiary/aromatic N) is 1. The SMILES string of the molecule is CN/C=C(\C=N)C1C(C(=O)O)c2ccccc2C(=O)N1CC(F)(F)F. The summed E-state index contributed by atoms with van der Waals surface area (Å²) in [5, 5.41) is 19.7. The van der Waals surface area contributed by atoms with Crippen molar-refractivity contribution in [2.45, 2.75) is 18.1 Å². The van der Waals surface area contributed by atoms with E-state index in [0.717, 1.165) is 6.21 Å². The summed E-state index contributed by atoms with van der Waals surface area (Å²) in [6.45, 7) is -1.61. The fourth-order valence-electron chi connectivity index (χ4n) is 2.98. The number of amides is 1. The molecule has 1 aliphatic heterocycles. The van der Waals surface area contributed by atoms with Crippen molar-refractivity contribution in [3.63, 3.8) is 0 Å². The van der Waals surface area contributed by atoms with Crippen molar-refractivity contribution in [1.29, 1.82) is 5.41 Å². The standard InChI is InChI=1S/C16H16F3N3O3/c1-21-7-9(6-20)13-12(15(24)25)10-4-2-3-5-11(10)14(23)22(13)8-16(17,18)19/h2-7,12-13,20-21H,8H2,1H3,(H,24,25)/b9-7+,20-6?. The van der Waals surface area contributed by atoms with Crippen molar-refractivity contribution >= 4 is 18.1 Å². The van der Waals surface area contributed by atoms with Gasteiger partial charge in [0.1, 0.15) is 12.5 Å². The number of carboxylic acid groups (broad SMARTS) is 1. The predicted molar refractivity (Wildman–Crippen MR) is 83.6 cm³/mol. The average Bonchev–Trinajstić information content (AvgIpc) is 2.53. The molecule has 0 aromatic heterocycles. The molecule has 1 aliphatic rings. The van der Waals surface area contributed by atoms with Crippen LogP contribution in [0.2, 0.25) is 0 Å². The molecule has 1 amide bonds. The van der Waals surface area contributed by atoms with Crippen molar-refractivity contribution in [1.82, 2.24) is 10.2 Å². The van der Waals surface area contributed by atoms with Crippen LogP contribution >= 0.6 is 0 Å². The summed E-state index contributed by atoms with van der Waals surface area (Å²) < 4.78 is 39.0. The Morgan fingerprint density at radius 1 is 1.40 bits per heavy atom. The lowest BCUT2D eigenvalue weighted by molar-refractivity contribution is -0.150. The Morgan fingerprint density at radius 2 is 2.04 bits per heavy atom. The molecule has 1 aromatic rings. The number of carboxylic acids is 1. The Kier molecular flexibility index (Phi) is 5.15. The number of fused-ring (bicyclic) bond motifs is 1. The molecule has 2 unspecified atom stereocenters. The summed E-state index contributed by atoms with van der Waals surface area (Å²) in [6.07, 6.45) is -2.74. The lowest BCUT2D eigenvalue weighted by atomic mass is 9.80. The molecule has 3 N–H and O–H groups in total. The van der Waals surface area contributed by atoms with Crippen molar-refractivity contribution in [3.8, 4) is 0 Å². The molecule has 0 aliphatic carbocycles. The quantitative estimate of drug-likeness (QED) is 0.704. The third kappa shape index (κ3) is 3.65. The number of rotatable bonds is 5. The fraction of sp³-hybridized carbons (Fsp3) is 0.312. The van der Waals surface area contributed by atoms with E-state index >= 15 is 0 Å². The van der Waals surface area contributed by atoms with Gasteiger partial charge in [0.15, 0.2) is 0 Å². The van der Waals surface area contributed by atoms with Gasteiger partial charge in [-0.1, -0.05) is 18.2 Å². The van der Waals surface area contributed by atoms with Crippen molar-refractivity contribution in [2.75, 3.05) is 13.6 Å². The molecule has 0 spiro atoms. The van der Waals surface area contributed by atoms with Crippen LogP contribution in [0.3, 0.4) is 0 Å². The zero-order valence-corrected chi connectivity index (χ0v) is 13.2. The van der Waals surface area contributed by atoms with Crippen molar-refractivity contribution in [2.24, 2.45) is 0 Å². The van der Waals surface area contributed by atoms with Gasteiger partial charge in [0.2, 0.25) is 0 Å². The van der Waals surface area contributed by atoms with E-state index < -0.39 is 36.6 Å². The number of aliphatic carboxylic acids is 1. The lowest BCUT2D eigenvalue weighted by Crippen LogP contribution is -2.54. The molecule has 0 radical (unpaired) electrons. The molecule has 25 heavy (non-hydrogen) atoms. The molecule has 1 aromatic carbocycles. The van der Waals surface area contributed by atoms with E-state index in [2.05, 4.69) is 5.32 Å². The zero-order valence-electron chi connectivity index (χ0n) is 13.2. The van der Waals surface area contributed by atoms with Crippen LogP contribution in [-0.2, 0) is 4.79 Å². The molecule has 0 saturated carbocycles. The highest BCUT2D eigenvalue weighted by molar-refractivity contribution is 6.02. The maximum atomic E-state index is 13.0. The second-order valence-corrected chi connectivity index (χ2v) is 5.47. The summed E-state index contributed by atoms with van der Waals surface area (Å²) in [5.41, 5.74) is 0.0125. The summed E-state index contributed by atoms with van der Waals surface area (Å²) in [4.78, 5) is 24.9. The number of hydrogen-bond acceptors (Lipinski definition) is 4. The van der Waals surface area contributed by atoms with Gasteiger partial charge in [0, 0.05) is 30.6 Å². The second-order valence-electron chi connectivity index (χ2n) is 5.47. The van der Waals surface area contributed by atoms with Crippen LogP contribution in [0.5, 0.6) is 0 Å². The summed E-state index contributed by atoms with van der Waals surface area (Å²) in [7, 11) is 1.46. The van der Waals surface area contributed by atoms with Crippen LogP contribution in [-0.4, -0.2) is 53.9 Å². The van der Waals surface area contributed by atoms with E-state index in [1.165, 1.54) is 37.5 Å². The molecule has 0 saturated heterocycles. The number of carbonyl (C=O) groups excluding carboxylic acids is 1. The van der Waals surface area contributed by atoms with Gasteiger partial charge in [-0.15, -0.1) is 0 Å². The van der Waals surface area contributed by atoms with Gasteiger partial charge in [0.05, 0.1) is 6.04 Å². The number of halogens is 3. The van der Waals surface area contributed by atoms with E-state index in [9.17, 15) is 27.9 Å². The van der Waals surface area contributed by atoms with Crippen molar-refractivity contribution < 1.29 is 27.9 Å². The van der Waals surface area contributed by atoms with Gasteiger partial charge in [-0.3, -0.25) is 9.59 Å². The summed E-state index contributed by atoms with van der Waals surface area (Å²) in [6, 6.07) is 4.24. The summed E-state index contributed by atoms with van der Waals surface area (Å²) in [5.74, 6) is -3.71. The normalized spacial score (nSPS) is 20.9. The van der Waals surface area contributed by atoms with Crippen LogP contribution in [0, 0.1) is 5.41 Å². The molecule has 2 atom stereocenters. The van der Waals surface area contributed by atoms with E-state index in [4.69, 9.17) is 5.41 Å². The first-order valence-corrected chi connectivity index (χ1v) is 7.28. The van der Waals surface area contributed by atoms with Crippen LogP contribution in [0.4, 0.5) is 13.2 Å². The molecular weight excluding hydrogens is 339 g/mol. The molecule has 6 nitrogen and oxygen atoms in total. The average molecular weight is 355 g/mol. The predicted octanol–water partition coefficient (Wildman–Crippen LogP) is 1.99. The molecule has 0 fully saturated rings. The van der Waals surface area contributed by atoms with E-state index in [1.807, 2.05) is 0 Å². The third-order valence-electron chi connectivity index (χ3n) is 3.87. The number of nitrogens with one attached hydrogen (secondary N) is 2. The van der Waals surface area contributed by atoms with E-state index in [0.29, 0.717) is 4.90 Å². The van der Waals surface area contributed by atoms with Gasteiger partial charge in [0.25, 0.3) is 5.91 Å². The third-order valence-corrected chi connectivity index (χ3v) is 3.87. The lowest BCUT2D eigenvalue weighted by Gasteiger charge is -2.41. The monoisotopic (exact) mass is 355 g/mol. The number of benzene rings is 1. The van der Waals surface area contributed by atoms with Gasteiger partial charge in [-0.25, -0.2) is 0 Å². The highest BCUT2D eigenvalue weighted by atomic mass is 19.4. The minimum atomic E-state index is -4.71. The van der Waals surface area contributed by atoms with Crippen LogP contribution in [0.1, 0.15) is 21.8 Å². The van der Waals surface area contributed by atoms with Gasteiger partial charge in [-0.05, 0) is 11.6 Å². The Hall–Kier alpha value is -2.84. The maximum Gasteiger partial charge on any atom is 0.406 e. The first-order valence-electron chi connectivity index (χ1n) is 7.28. The minimum Gasteiger partial charge on any atom is -0.481 e. The Morgan fingerprint density at radius 3 is 2.56 bits per heavy atom. The fourth-order valence-corrected chi connectivity index (χ4v) is 2.98. The highest BCUT2D eigenvalue weighted by Crippen LogP contribution is 2.38. The first-order chi connectivity index (χ1) is 11.7. The molecule has 134 valence electrons. The zero-order chi connectivity index (χ0) is 18.8. The Balaban J connectivity index is 2.71. The topological polar surface area (TPSA) is 93.5 Å². The maximum absolute atomic E-state index is 13.0. The van der Waals surface area contributed by atoms with Crippen molar-refractivity contribution in [3.05, 3.63) is 47.2 Å². The first kappa shape index (κ1) is 18.5. The molecule has 2 rings (SSSR count). The molecule has 1 heterocycles. The number of carbonyl (C=O) groups is 2. The highest BCUT2D eigenvalue weighted by Gasteiger charge is 2.48. The largest absolute Gasteiger partial charge is 0.481 e. The minimum absolute atomic E-state index is 0.0398. The smallest absolute Gasteiger partial charge is 0.406 e. The van der Waals surface area contributed by atoms with Gasteiger partial charge < -0.3 is 20.7 Å². The van der Waals surface area contributed by atoms with Crippen LogP contribution in [0.25, 0.3) is 0 Å². The Bertz CT molecular complexity index is 731. The molecular formula is C16H16F3N3O3. The van der Waals surface area contributed by atoms with Gasteiger partial charge in [-0.2, -0.15) is 13.2 Å². The number of alkyl halides is 3. The number of hydrogen-bond donors (Lipinski definition) is 3.